The third-order valence-electron chi connectivity index (χ3n) is 8.93. The van der Waals surface area contributed by atoms with E-state index in [4.69, 9.17) is 9.97 Å². The maximum absolute atomic E-state index is 13.4. The third kappa shape index (κ3) is 4.59. The Morgan fingerprint density at radius 2 is 1.04 bits per heavy atom. The van der Waals surface area contributed by atoms with Gasteiger partial charge in [0.1, 0.15) is 11.6 Å². The molecule has 46 heavy (non-hydrogen) atoms. The van der Waals surface area contributed by atoms with Crippen molar-refractivity contribution in [3.8, 4) is 22.3 Å². The van der Waals surface area contributed by atoms with Gasteiger partial charge in [0.15, 0.2) is 11.6 Å². The maximum Gasteiger partial charge on any atom is 0.199 e. The number of ketones is 2. The number of benzene rings is 2. The number of aromatic nitrogens is 4. The Kier molecular flexibility index (Phi) is 6.95. The zero-order chi connectivity index (χ0) is 31.2. The van der Waals surface area contributed by atoms with Crippen molar-refractivity contribution >= 4 is 45.0 Å². The van der Waals surface area contributed by atoms with Crippen molar-refractivity contribution in [2.24, 2.45) is 0 Å². The van der Waals surface area contributed by atoms with Gasteiger partial charge in [0.2, 0.25) is 0 Å². The smallest absolute Gasteiger partial charge is 0.199 e. The Labute approximate surface area is 265 Å². The first kappa shape index (κ1) is 28.0. The van der Waals surface area contributed by atoms with E-state index in [0.717, 1.165) is 70.0 Å². The molecule has 2 aliphatic carbocycles. The number of carbonyl (C=O) groups is 2. The van der Waals surface area contributed by atoms with Crippen LogP contribution in [0.3, 0.4) is 0 Å². The molecule has 0 unspecified atom stereocenters. The minimum Gasteiger partial charge on any atom is -0.369 e. The van der Waals surface area contributed by atoms with Crippen LogP contribution in [0.4, 0.5) is 11.6 Å². The Balaban J connectivity index is 0.895. The first-order valence-corrected chi connectivity index (χ1v) is 15.6. The first-order chi connectivity index (χ1) is 22.6. The van der Waals surface area contributed by atoms with Crippen molar-refractivity contribution in [3.63, 3.8) is 0 Å². The van der Waals surface area contributed by atoms with Gasteiger partial charge in [0.05, 0.1) is 22.2 Å². The van der Waals surface area contributed by atoms with Gasteiger partial charge in [-0.3, -0.25) is 19.6 Å². The van der Waals surface area contributed by atoms with E-state index >= 15 is 0 Å². The number of hydrogen-bond donors (Lipinski definition) is 2. The van der Waals surface area contributed by atoms with Crippen LogP contribution < -0.4 is 10.6 Å². The highest BCUT2D eigenvalue weighted by atomic mass is 16.1. The van der Waals surface area contributed by atoms with Gasteiger partial charge in [-0.25, -0.2) is 9.97 Å². The van der Waals surface area contributed by atoms with Gasteiger partial charge in [-0.15, -0.1) is 0 Å². The molecule has 0 fully saturated rings. The second kappa shape index (κ2) is 11.4. The van der Waals surface area contributed by atoms with E-state index in [1.54, 1.807) is 24.8 Å². The van der Waals surface area contributed by atoms with Crippen LogP contribution in [0.5, 0.6) is 0 Å². The number of para-hydroxylation sites is 2. The van der Waals surface area contributed by atoms with Crippen LogP contribution in [0.15, 0.2) is 85.5 Å². The Morgan fingerprint density at radius 3 is 1.52 bits per heavy atom. The molecule has 0 saturated heterocycles. The Morgan fingerprint density at radius 1 is 0.587 bits per heavy atom. The summed E-state index contributed by atoms with van der Waals surface area (Å²) < 4.78 is 0. The third-order valence-corrected chi connectivity index (χ3v) is 8.93. The van der Waals surface area contributed by atoms with E-state index in [-0.39, 0.29) is 11.6 Å². The molecule has 9 nitrogen and oxygen atoms in total. The normalized spacial score (nSPS) is 12.8. The lowest BCUT2D eigenvalue weighted by atomic mass is 10.0. The Hall–Kier alpha value is -5.54. The summed E-state index contributed by atoms with van der Waals surface area (Å²) in [6.07, 6.45) is 8.54. The van der Waals surface area contributed by atoms with E-state index in [1.165, 1.54) is 0 Å². The molecule has 4 aromatic heterocycles. The molecule has 6 aromatic rings. The molecule has 0 spiro atoms. The van der Waals surface area contributed by atoms with Crippen LogP contribution >= 0.6 is 0 Å². The van der Waals surface area contributed by atoms with Gasteiger partial charge in [0, 0.05) is 70.9 Å². The minimum absolute atomic E-state index is 0.0303. The predicted octanol–water partition coefficient (Wildman–Crippen LogP) is 6.23. The molecular formula is C37H31N7O2. The molecular weight excluding hydrogens is 574 g/mol. The number of hydrogen-bond acceptors (Lipinski definition) is 9. The fourth-order valence-corrected chi connectivity index (χ4v) is 6.76. The van der Waals surface area contributed by atoms with Crippen molar-refractivity contribution < 1.29 is 9.59 Å². The molecule has 0 aliphatic heterocycles. The molecule has 0 atom stereocenters. The van der Waals surface area contributed by atoms with E-state index < -0.39 is 0 Å². The molecule has 8 rings (SSSR count). The second-order valence-corrected chi connectivity index (χ2v) is 11.8. The Bertz CT molecular complexity index is 2040. The van der Waals surface area contributed by atoms with E-state index in [0.29, 0.717) is 47.0 Å². The summed E-state index contributed by atoms with van der Waals surface area (Å²) in [5.41, 5.74) is 7.95. The molecule has 0 bridgehead atoms. The fourth-order valence-electron chi connectivity index (χ4n) is 6.76. The number of fused-ring (bicyclic) bond motifs is 10. The quantitative estimate of drug-likeness (QED) is 0.175. The molecule has 0 saturated carbocycles. The monoisotopic (exact) mass is 605 g/mol. The number of nitrogens with one attached hydrogen (secondary N) is 2. The summed E-state index contributed by atoms with van der Waals surface area (Å²) >= 11 is 0. The molecule has 4 heterocycles. The van der Waals surface area contributed by atoms with Crippen LogP contribution in [0.25, 0.3) is 44.1 Å². The van der Waals surface area contributed by atoms with Crippen LogP contribution in [0, 0.1) is 0 Å². The number of carbonyl (C=O) groups excluding carboxylic acids is 2. The van der Waals surface area contributed by atoms with Crippen LogP contribution in [-0.4, -0.2) is 69.6 Å². The standard InChI is InChI=1S/C37H31N7O2/c1-44(18-6-14-40-36-32-30(24-8-2-4-10-28(24)42-36)22-12-16-38-20-26(22)34(32)45)19-7-15-41-37-33-31(25-9-3-5-11-29(25)43-37)23-13-17-39-21-27(23)35(33)46/h2-5,8-13,16-17,20-21H,6-7,14-15,18-19H2,1H3,(H,40,42)(H,41,43). The van der Waals surface area contributed by atoms with Crippen molar-refractivity contribution in [2.75, 3.05) is 43.9 Å². The SMILES string of the molecule is CN(CCCNc1nc2ccccc2c2c1C(=O)c1cnccc1-2)CCCNc1nc2ccccc2c2c1C(=O)c1cnccc1-2. The molecule has 0 radical (unpaired) electrons. The number of nitrogens with zero attached hydrogens (tertiary/aromatic N) is 5. The lowest BCUT2D eigenvalue weighted by Gasteiger charge is -2.18. The van der Waals surface area contributed by atoms with Crippen LogP contribution in [-0.2, 0) is 0 Å². The summed E-state index contributed by atoms with van der Waals surface area (Å²) in [6, 6.07) is 19.7. The topological polar surface area (TPSA) is 113 Å². The highest BCUT2D eigenvalue weighted by Crippen LogP contribution is 2.44. The fraction of sp³-hybridized carbons (Fsp3) is 0.189. The average Bonchev–Trinajstić information content (AvgIpc) is 3.57. The summed E-state index contributed by atoms with van der Waals surface area (Å²) in [6.45, 7) is 3.14. The summed E-state index contributed by atoms with van der Waals surface area (Å²) in [4.78, 5) is 47.1. The molecule has 9 heteroatoms. The lowest BCUT2D eigenvalue weighted by molar-refractivity contribution is 0.103. The van der Waals surface area contributed by atoms with E-state index in [2.05, 4.69) is 32.5 Å². The molecule has 2 aliphatic rings. The van der Waals surface area contributed by atoms with Crippen LogP contribution in [0.2, 0.25) is 0 Å². The second-order valence-electron chi connectivity index (χ2n) is 11.8. The van der Waals surface area contributed by atoms with Crippen molar-refractivity contribution in [3.05, 3.63) is 108 Å². The van der Waals surface area contributed by atoms with Crippen LogP contribution in [0.1, 0.15) is 44.7 Å². The van der Waals surface area contributed by atoms with E-state index in [9.17, 15) is 9.59 Å². The summed E-state index contributed by atoms with van der Waals surface area (Å²) in [5.74, 6) is 1.20. The highest BCUT2D eigenvalue weighted by Gasteiger charge is 2.33. The number of anilines is 2. The highest BCUT2D eigenvalue weighted by molar-refractivity contribution is 6.28. The van der Waals surface area contributed by atoms with Crippen molar-refractivity contribution in [1.29, 1.82) is 0 Å². The first-order valence-electron chi connectivity index (χ1n) is 15.6. The van der Waals surface area contributed by atoms with E-state index in [1.807, 2.05) is 60.7 Å². The molecule has 2 aromatic carbocycles. The van der Waals surface area contributed by atoms with Gasteiger partial charge in [-0.1, -0.05) is 36.4 Å². The zero-order valence-corrected chi connectivity index (χ0v) is 25.4. The molecule has 2 N–H and O–H groups in total. The number of rotatable bonds is 10. The van der Waals surface area contributed by atoms with Crippen molar-refractivity contribution in [2.45, 2.75) is 12.8 Å². The van der Waals surface area contributed by atoms with Gasteiger partial charge in [-0.2, -0.15) is 0 Å². The predicted molar refractivity (Wildman–Crippen MR) is 181 cm³/mol. The van der Waals surface area contributed by atoms with Gasteiger partial charge in [0.25, 0.3) is 0 Å². The largest absolute Gasteiger partial charge is 0.369 e. The number of pyridine rings is 4. The average molecular weight is 606 g/mol. The minimum atomic E-state index is -0.0303. The molecule has 0 amide bonds. The summed E-state index contributed by atoms with van der Waals surface area (Å²) in [7, 11) is 2.11. The van der Waals surface area contributed by atoms with Crippen molar-refractivity contribution in [1.82, 2.24) is 24.8 Å². The van der Waals surface area contributed by atoms with Gasteiger partial charge in [-0.05, 0) is 68.4 Å². The van der Waals surface area contributed by atoms with Gasteiger partial charge >= 0.3 is 0 Å². The molecule has 226 valence electrons. The van der Waals surface area contributed by atoms with Gasteiger partial charge < -0.3 is 15.5 Å². The summed E-state index contributed by atoms with van der Waals surface area (Å²) in [5, 5.41) is 8.87. The maximum atomic E-state index is 13.4. The lowest BCUT2D eigenvalue weighted by Crippen LogP contribution is -2.24. The zero-order valence-electron chi connectivity index (χ0n) is 25.4.